The number of nitro groups is 1. The number of hydrogen-bond acceptors (Lipinski definition) is 7. The number of nitro benzene ring substituents is 1. The molecule has 1 N–H and O–H groups in total. The summed E-state index contributed by atoms with van der Waals surface area (Å²) in [5, 5.41) is 14.6. The molecule has 34 heavy (non-hydrogen) atoms. The van der Waals surface area contributed by atoms with Crippen molar-refractivity contribution < 1.29 is 23.9 Å². The van der Waals surface area contributed by atoms with Crippen LogP contribution >= 0.6 is 0 Å². The van der Waals surface area contributed by atoms with E-state index < -0.39 is 10.8 Å². The fourth-order valence-electron chi connectivity index (χ4n) is 3.98. The number of fused-ring (bicyclic) bond motifs is 1. The van der Waals surface area contributed by atoms with Gasteiger partial charge in [-0.1, -0.05) is 30.3 Å². The maximum atomic E-state index is 13.2. The molecule has 3 aromatic carbocycles. The van der Waals surface area contributed by atoms with Crippen LogP contribution in [0.4, 0.5) is 22.7 Å². The van der Waals surface area contributed by atoms with E-state index in [1.165, 1.54) is 31.9 Å². The maximum Gasteiger partial charge on any atom is 0.286 e. The summed E-state index contributed by atoms with van der Waals surface area (Å²) in [5.41, 5.74) is 3.17. The summed E-state index contributed by atoms with van der Waals surface area (Å²) in [7, 11) is 2.93. The second-order valence-electron chi connectivity index (χ2n) is 7.62. The number of nitrogens with zero attached hydrogens (tertiary/aromatic N) is 2. The van der Waals surface area contributed by atoms with Crippen LogP contribution in [-0.2, 0) is 11.2 Å². The monoisotopic (exact) mass is 463 g/mol. The molecule has 0 aromatic heterocycles. The highest BCUT2D eigenvalue weighted by molar-refractivity contribution is 6.09. The lowest BCUT2D eigenvalue weighted by Crippen LogP contribution is -2.19. The highest BCUT2D eigenvalue weighted by atomic mass is 16.6. The number of carbonyl (C=O) groups is 1. The van der Waals surface area contributed by atoms with Gasteiger partial charge in [-0.3, -0.25) is 14.9 Å². The van der Waals surface area contributed by atoms with E-state index in [1.807, 2.05) is 36.4 Å². The zero-order valence-corrected chi connectivity index (χ0v) is 18.9. The Labute approximate surface area is 197 Å². The second-order valence-corrected chi connectivity index (χ2v) is 7.62. The van der Waals surface area contributed by atoms with E-state index in [9.17, 15) is 14.9 Å². The number of nitrogens with one attached hydrogen (secondary N) is 1. The fraction of sp³-hybridized carbons (Fsp3) is 0.240. The molecule has 1 aliphatic rings. The summed E-state index contributed by atoms with van der Waals surface area (Å²) in [6.45, 7) is 1.25. The normalized spacial score (nSPS) is 12.2. The molecule has 1 heterocycles. The summed E-state index contributed by atoms with van der Waals surface area (Å²) >= 11 is 0. The molecule has 0 fully saturated rings. The number of rotatable bonds is 9. The van der Waals surface area contributed by atoms with Gasteiger partial charge in [-0.2, -0.15) is 0 Å². The standard InChI is InChI=1S/C25H25N3O6/c1-32-13-14-34-24-16-22(28(30)31)18(15-23(24)33-2)25(29)26-19-8-4-6-10-21(19)27-12-11-17-7-3-5-9-20(17)27/h3-10,15-16H,11-14H2,1-2H3,(H,26,29). The minimum Gasteiger partial charge on any atom is -0.493 e. The highest BCUT2D eigenvalue weighted by Crippen LogP contribution is 2.39. The quantitative estimate of drug-likeness (QED) is 0.282. The van der Waals surface area contributed by atoms with Crippen molar-refractivity contribution in [3.63, 3.8) is 0 Å². The minimum atomic E-state index is -0.617. The van der Waals surface area contributed by atoms with Gasteiger partial charge in [-0.05, 0) is 30.2 Å². The molecule has 1 amide bonds. The molecule has 0 bridgehead atoms. The van der Waals surface area contributed by atoms with Crippen molar-refractivity contribution in [3.8, 4) is 11.5 Å². The van der Waals surface area contributed by atoms with Crippen LogP contribution in [0.25, 0.3) is 0 Å². The van der Waals surface area contributed by atoms with Crippen LogP contribution in [0.5, 0.6) is 11.5 Å². The van der Waals surface area contributed by atoms with E-state index in [0.29, 0.717) is 12.3 Å². The van der Waals surface area contributed by atoms with Crippen molar-refractivity contribution in [3.05, 3.63) is 81.9 Å². The molecule has 0 saturated carbocycles. The molecule has 0 unspecified atom stereocenters. The van der Waals surface area contributed by atoms with E-state index >= 15 is 0 Å². The molecule has 0 atom stereocenters. The van der Waals surface area contributed by atoms with Crippen molar-refractivity contribution in [2.24, 2.45) is 0 Å². The van der Waals surface area contributed by atoms with Gasteiger partial charge < -0.3 is 24.4 Å². The first-order valence-electron chi connectivity index (χ1n) is 10.8. The van der Waals surface area contributed by atoms with Gasteiger partial charge in [0.2, 0.25) is 0 Å². The Morgan fingerprint density at radius 2 is 1.76 bits per heavy atom. The van der Waals surface area contributed by atoms with E-state index in [0.717, 1.165) is 24.3 Å². The summed E-state index contributed by atoms with van der Waals surface area (Å²) in [6, 6.07) is 18.0. The molecular weight excluding hydrogens is 438 g/mol. The van der Waals surface area contributed by atoms with Crippen molar-refractivity contribution in [2.45, 2.75) is 6.42 Å². The Morgan fingerprint density at radius 1 is 1.03 bits per heavy atom. The molecule has 0 aliphatic carbocycles. The van der Waals surface area contributed by atoms with E-state index in [-0.39, 0.29) is 29.4 Å². The number of methoxy groups -OCH3 is 2. The molecule has 176 valence electrons. The van der Waals surface area contributed by atoms with Crippen LogP contribution < -0.4 is 19.7 Å². The van der Waals surface area contributed by atoms with Gasteiger partial charge in [0.1, 0.15) is 12.2 Å². The lowest BCUT2D eigenvalue weighted by molar-refractivity contribution is -0.385. The molecule has 9 heteroatoms. The number of ether oxygens (including phenoxy) is 3. The zero-order valence-electron chi connectivity index (χ0n) is 18.9. The predicted octanol–water partition coefficient (Wildman–Crippen LogP) is 4.58. The van der Waals surface area contributed by atoms with E-state index in [1.54, 1.807) is 6.07 Å². The molecule has 0 spiro atoms. The number of benzene rings is 3. The van der Waals surface area contributed by atoms with Crippen LogP contribution in [0.1, 0.15) is 15.9 Å². The Hall–Kier alpha value is -4.11. The number of anilines is 3. The molecule has 0 saturated heterocycles. The Balaban J connectivity index is 1.66. The number of carbonyl (C=O) groups excluding carboxylic acids is 1. The summed E-state index contributed by atoms with van der Waals surface area (Å²) in [4.78, 5) is 26.5. The molecule has 4 rings (SSSR count). The van der Waals surface area contributed by atoms with Crippen molar-refractivity contribution in [2.75, 3.05) is 44.2 Å². The third-order valence-electron chi connectivity index (χ3n) is 5.60. The van der Waals surface area contributed by atoms with Crippen LogP contribution in [0.2, 0.25) is 0 Å². The summed E-state index contributed by atoms with van der Waals surface area (Å²) in [6.07, 6.45) is 0.895. The lowest BCUT2D eigenvalue weighted by atomic mass is 10.1. The zero-order chi connectivity index (χ0) is 24.1. The summed E-state index contributed by atoms with van der Waals surface area (Å²) in [5.74, 6) is -0.237. The largest absolute Gasteiger partial charge is 0.493 e. The predicted molar refractivity (Wildman–Crippen MR) is 129 cm³/mol. The average Bonchev–Trinajstić information content (AvgIpc) is 3.28. The average molecular weight is 463 g/mol. The number of amides is 1. The van der Waals surface area contributed by atoms with Crippen molar-refractivity contribution in [1.29, 1.82) is 0 Å². The van der Waals surface area contributed by atoms with Gasteiger partial charge in [0.15, 0.2) is 11.5 Å². The van der Waals surface area contributed by atoms with Gasteiger partial charge in [-0.25, -0.2) is 0 Å². The molecule has 3 aromatic rings. The SMILES string of the molecule is COCCOc1cc([N+](=O)[O-])c(C(=O)Nc2ccccc2N2CCc3ccccc32)cc1OC. The summed E-state index contributed by atoms with van der Waals surface area (Å²) < 4.78 is 15.8. The fourth-order valence-corrected chi connectivity index (χ4v) is 3.98. The molecule has 1 aliphatic heterocycles. The highest BCUT2D eigenvalue weighted by Gasteiger charge is 2.27. The van der Waals surface area contributed by atoms with Gasteiger partial charge in [0, 0.05) is 25.4 Å². The minimum absolute atomic E-state index is 0.127. The van der Waals surface area contributed by atoms with E-state index in [4.69, 9.17) is 14.2 Å². The third kappa shape index (κ3) is 4.65. The van der Waals surface area contributed by atoms with Crippen LogP contribution in [0, 0.1) is 10.1 Å². The van der Waals surface area contributed by atoms with Gasteiger partial charge in [0.25, 0.3) is 11.6 Å². The number of para-hydroxylation sites is 3. The van der Waals surface area contributed by atoms with Crippen molar-refractivity contribution >= 4 is 28.7 Å². The molecule has 0 radical (unpaired) electrons. The van der Waals surface area contributed by atoms with Crippen LogP contribution in [-0.4, -0.2) is 44.8 Å². The molecule has 9 nitrogen and oxygen atoms in total. The maximum absolute atomic E-state index is 13.2. The topological polar surface area (TPSA) is 103 Å². The van der Waals surface area contributed by atoms with Crippen LogP contribution in [0.15, 0.2) is 60.7 Å². The first kappa shape index (κ1) is 23.1. The van der Waals surface area contributed by atoms with Crippen molar-refractivity contribution in [1.82, 2.24) is 0 Å². The molecular formula is C25H25N3O6. The third-order valence-corrected chi connectivity index (χ3v) is 5.60. The second kappa shape index (κ2) is 10.2. The first-order chi connectivity index (χ1) is 16.5. The van der Waals surface area contributed by atoms with Gasteiger partial charge >= 0.3 is 0 Å². The Bertz CT molecular complexity index is 1210. The van der Waals surface area contributed by atoms with Gasteiger partial charge in [0.05, 0.1) is 36.1 Å². The van der Waals surface area contributed by atoms with Gasteiger partial charge in [-0.15, -0.1) is 0 Å². The first-order valence-corrected chi connectivity index (χ1v) is 10.8. The smallest absolute Gasteiger partial charge is 0.286 e. The van der Waals surface area contributed by atoms with E-state index in [2.05, 4.69) is 16.3 Å². The number of hydrogen-bond donors (Lipinski definition) is 1. The Morgan fingerprint density at radius 3 is 2.50 bits per heavy atom. The lowest BCUT2D eigenvalue weighted by Gasteiger charge is -2.23. The Kier molecular flexibility index (Phi) is 6.93. The van der Waals surface area contributed by atoms with Crippen LogP contribution in [0.3, 0.4) is 0 Å².